The summed E-state index contributed by atoms with van der Waals surface area (Å²) in [5.74, 6) is 0.206. The van der Waals surface area contributed by atoms with E-state index in [4.69, 9.17) is 4.74 Å². The molecule has 0 aliphatic carbocycles. The summed E-state index contributed by atoms with van der Waals surface area (Å²) in [5.41, 5.74) is 1.03. The Bertz CT molecular complexity index is 954. The van der Waals surface area contributed by atoms with Crippen LogP contribution in [0.3, 0.4) is 0 Å². The standard InChI is InChI=1S/C15H12N4O4S/c1-8-11(5-9(7-16-8)19(21)22)14(20)18-15-17-12-4-3-10(23-2)6-13(12)24-15/h3-7H,1-2H3,(H,17,18,20). The highest BCUT2D eigenvalue weighted by Gasteiger charge is 2.17. The number of fused-ring (bicyclic) bond motifs is 1. The van der Waals surface area contributed by atoms with Gasteiger partial charge < -0.3 is 4.74 Å². The van der Waals surface area contributed by atoms with Crippen LogP contribution in [0.25, 0.3) is 10.2 Å². The molecule has 1 amide bonds. The van der Waals surface area contributed by atoms with Crippen molar-refractivity contribution in [3.05, 3.63) is 51.8 Å². The van der Waals surface area contributed by atoms with Gasteiger partial charge in [0.05, 0.1) is 33.5 Å². The monoisotopic (exact) mass is 344 g/mol. The van der Waals surface area contributed by atoms with Crippen LogP contribution in [0.4, 0.5) is 10.8 Å². The smallest absolute Gasteiger partial charge is 0.288 e. The van der Waals surface area contributed by atoms with E-state index in [1.54, 1.807) is 26.2 Å². The zero-order chi connectivity index (χ0) is 17.3. The van der Waals surface area contributed by atoms with Crippen LogP contribution >= 0.6 is 11.3 Å². The normalized spacial score (nSPS) is 10.6. The number of benzene rings is 1. The molecule has 3 aromatic rings. The molecule has 1 N–H and O–H groups in total. The van der Waals surface area contributed by atoms with Crippen molar-refractivity contribution in [2.45, 2.75) is 6.92 Å². The number of hydrogen-bond donors (Lipinski definition) is 1. The number of ether oxygens (including phenoxy) is 1. The Morgan fingerprint density at radius 3 is 2.88 bits per heavy atom. The van der Waals surface area contributed by atoms with E-state index < -0.39 is 10.8 Å². The molecule has 0 saturated heterocycles. The number of hydrogen-bond acceptors (Lipinski definition) is 7. The Morgan fingerprint density at radius 1 is 1.38 bits per heavy atom. The van der Waals surface area contributed by atoms with Gasteiger partial charge in [-0.3, -0.25) is 25.2 Å². The van der Waals surface area contributed by atoms with Crippen LogP contribution in [0.15, 0.2) is 30.5 Å². The van der Waals surface area contributed by atoms with Gasteiger partial charge in [-0.05, 0) is 25.1 Å². The third-order valence-corrected chi connectivity index (χ3v) is 4.28. The maximum atomic E-state index is 12.4. The van der Waals surface area contributed by atoms with Crippen molar-refractivity contribution in [2.24, 2.45) is 0 Å². The number of pyridine rings is 1. The Hall–Kier alpha value is -3.07. The Balaban J connectivity index is 1.89. The number of aryl methyl sites for hydroxylation is 1. The third-order valence-electron chi connectivity index (χ3n) is 3.34. The van der Waals surface area contributed by atoms with Gasteiger partial charge in [-0.2, -0.15) is 0 Å². The molecule has 2 heterocycles. The number of methoxy groups -OCH3 is 1. The van der Waals surface area contributed by atoms with Gasteiger partial charge in [-0.1, -0.05) is 11.3 Å². The van der Waals surface area contributed by atoms with E-state index >= 15 is 0 Å². The van der Waals surface area contributed by atoms with Crippen LogP contribution < -0.4 is 10.1 Å². The number of nitrogens with zero attached hydrogens (tertiary/aromatic N) is 3. The molecule has 122 valence electrons. The fraction of sp³-hybridized carbons (Fsp3) is 0.133. The number of nitro groups is 1. The minimum Gasteiger partial charge on any atom is -0.497 e. The average Bonchev–Trinajstić information content (AvgIpc) is 2.95. The quantitative estimate of drug-likeness (QED) is 0.575. The molecule has 0 unspecified atom stereocenters. The SMILES string of the molecule is COc1ccc2nc(NC(=O)c3cc([N+](=O)[O-])cnc3C)sc2c1. The highest BCUT2D eigenvalue weighted by molar-refractivity contribution is 7.22. The lowest BCUT2D eigenvalue weighted by molar-refractivity contribution is -0.385. The van der Waals surface area contributed by atoms with Crippen molar-refractivity contribution in [1.82, 2.24) is 9.97 Å². The first-order chi connectivity index (χ1) is 11.5. The fourth-order valence-electron chi connectivity index (χ4n) is 2.10. The highest BCUT2D eigenvalue weighted by atomic mass is 32.1. The summed E-state index contributed by atoms with van der Waals surface area (Å²) in [6.07, 6.45) is 1.12. The van der Waals surface area contributed by atoms with Gasteiger partial charge in [0.1, 0.15) is 11.9 Å². The molecule has 0 atom stereocenters. The zero-order valence-electron chi connectivity index (χ0n) is 12.8. The Kier molecular flexibility index (Phi) is 4.09. The molecule has 8 nitrogen and oxygen atoms in total. The first-order valence-corrected chi connectivity index (χ1v) is 7.66. The molecule has 0 spiro atoms. The van der Waals surface area contributed by atoms with Crippen LogP contribution in [0.1, 0.15) is 16.1 Å². The van der Waals surface area contributed by atoms with Gasteiger partial charge in [-0.15, -0.1) is 0 Å². The number of carbonyl (C=O) groups excluding carboxylic acids is 1. The van der Waals surface area contributed by atoms with Gasteiger partial charge in [0.25, 0.3) is 11.6 Å². The minimum atomic E-state index is -0.590. The molecule has 24 heavy (non-hydrogen) atoms. The summed E-state index contributed by atoms with van der Waals surface area (Å²) in [6.45, 7) is 1.61. The number of amides is 1. The lowest BCUT2D eigenvalue weighted by Gasteiger charge is -2.04. The van der Waals surface area contributed by atoms with Crippen molar-refractivity contribution in [2.75, 3.05) is 12.4 Å². The number of thiazole rings is 1. The zero-order valence-corrected chi connectivity index (χ0v) is 13.6. The van der Waals surface area contributed by atoms with E-state index in [1.165, 1.54) is 17.4 Å². The predicted molar refractivity (Wildman–Crippen MR) is 89.8 cm³/mol. The first kappa shape index (κ1) is 15.8. The van der Waals surface area contributed by atoms with Gasteiger partial charge >= 0.3 is 0 Å². The predicted octanol–water partition coefficient (Wildman–Crippen LogP) is 3.17. The second-order valence-electron chi connectivity index (χ2n) is 4.89. The lowest BCUT2D eigenvalue weighted by Crippen LogP contribution is -2.14. The second kappa shape index (κ2) is 6.20. The highest BCUT2D eigenvalue weighted by Crippen LogP contribution is 2.29. The Labute approximate surface area is 140 Å². The molecule has 9 heteroatoms. The van der Waals surface area contributed by atoms with E-state index in [-0.39, 0.29) is 11.3 Å². The van der Waals surface area contributed by atoms with Crippen molar-refractivity contribution in [3.8, 4) is 5.75 Å². The van der Waals surface area contributed by atoms with Crippen LogP contribution in [0.2, 0.25) is 0 Å². The topological polar surface area (TPSA) is 107 Å². The molecule has 0 bridgehead atoms. The molecule has 1 aromatic carbocycles. The second-order valence-corrected chi connectivity index (χ2v) is 5.92. The van der Waals surface area contributed by atoms with Crippen LogP contribution in [-0.2, 0) is 0 Å². The molecule has 2 aromatic heterocycles. The molecule has 0 saturated carbocycles. The minimum absolute atomic E-state index is 0.140. The largest absolute Gasteiger partial charge is 0.497 e. The van der Waals surface area contributed by atoms with E-state index in [0.29, 0.717) is 16.6 Å². The summed E-state index contributed by atoms with van der Waals surface area (Å²) >= 11 is 1.29. The summed E-state index contributed by atoms with van der Waals surface area (Å²) in [4.78, 5) is 30.8. The van der Waals surface area contributed by atoms with Crippen LogP contribution in [0.5, 0.6) is 5.75 Å². The first-order valence-electron chi connectivity index (χ1n) is 6.85. The van der Waals surface area contributed by atoms with Crippen molar-refractivity contribution >= 4 is 38.3 Å². The third kappa shape index (κ3) is 3.01. The van der Waals surface area contributed by atoms with E-state index in [0.717, 1.165) is 16.4 Å². The molecule has 0 radical (unpaired) electrons. The van der Waals surface area contributed by atoms with Crippen molar-refractivity contribution in [3.63, 3.8) is 0 Å². The molecule has 0 fully saturated rings. The number of nitrogens with one attached hydrogen (secondary N) is 1. The molecule has 3 rings (SSSR count). The van der Waals surface area contributed by atoms with Gasteiger partial charge in [-0.25, -0.2) is 4.98 Å². The number of anilines is 1. The lowest BCUT2D eigenvalue weighted by atomic mass is 10.2. The van der Waals surface area contributed by atoms with Crippen LogP contribution in [-0.4, -0.2) is 27.9 Å². The summed E-state index contributed by atoms with van der Waals surface area (Å²) in [6, 6.07) is 6.60. The fourth-order valence-corrected chi connectivity index (χ4v) is 2.99. The maximum Gasteiger partial charge on any atom is 0.288 e. The van der Waals surface area contributed by atoms with E-state index in [1.807, 2.05) is 6.07 Å². The summed E-state index contributed by atoms with van der Waals surface area (Å²) < 4.78 is 6.01. The number of aromatic nitrogens is 2. The molecular formula is C15H12N4O4S. The van der Waals surface area contributed by atoms with Gasteiger partial charge in [0, 0.05) is 6.07 Å². The van der Waals surface area contributed by atoms with E-state index in [2.05, 4.69) is 15.3 Å². The number of rotatable bonds is 4. The molecular weight excluding hydrogens is 332 g/mol. The van der Waals surface area contributed by atoms with Crippen LogP contribution in [0, 0.1) is 17.0 Å². The van der Waals surface area contributed by atoms with Gasteiger partial charge in [0.15, 0.2) is 5.13 Å². The van der Waals surface area contributed by atoms with Crippen molar-refractivity contribution in [1.29, 1.82) is 0 Å². The average molecular weight is 344 g/mol. The molecule has 0 aliphatic heterocycles. The molecule has 0 aliphatic rings. The summed E-state index contributed by atoms with van der Waals surface area (Å²) in [7, 11) is 1.57. The van der Waals surface area contributed by atoms with Crippen molar-refractivity contribution < 1.29 is 14.5 Å². The number of carbonyl (C=O) groups is 1. The summed E-state index contributed by atoms with van der Waals surface area (Å²) in [5, 5.41) is 13.9. The maximum absolute atomic E-state index is 12.4. The van der Waals surface area contributed by atoms with Gasteiger partial charge in [0.2, 0.25) is 0 Å². The Morgan fingerprint density at radius 2 is 2.17 bits per heavy atom. The van der Waals surface area contributed by atoms with E-state index in [9.17, 15) is 14.9 Å².